The van der Waals surface area contributed by atoms with Crippen LogP contribution in [0.2, 0.25) is 0 Å². The predicted molar refractivity (Wildman–Crippen MR) is 156 cm³/mol. The van der Waals surface area contributed by atoms with Crippen LogP contribution in [0.15, 0.2) is 34.7 Å². The van der Waals surface area contributed by atoms with Crippen LogP contribution in [0.25, 0.3) is 0 Å². The van der Waals surface area contributed by atoms with E-state index in [1.54, 1.807) is 13.0 Å². The van der Waals surface area contributed by atoms with Crippen LogP contribution in [0.5, 0.6) is 0 Å². The van der Waals surface area contributed by atoms with E-state index >= 15 is 0 Å². The smallest absolute Gasteiger partial charge is 0.331 e. The number of hydrogen-bond acceptors (Lipinski definition) is 11. The van der Waals surface area contributed by atoms with Gasteiger partial charge in [0.1, 0.15) is 23.9 Å². The average molecular weight is 629 g/mol. The van der Waals surface area contributed by atoms with Crippen molar-refractivity contribution in [1.82, 2.24) is 0 Å². The van der Waals surface area contributed by atoms with Gasteiger partial charge in [0.15, 0.2) is 5.79 Å². The molecule has 2 aliphatic carbocycles. The molecule has 3 aliphatic heterocycles. The minimum atomic E-state index is -2.01. The standard InChI is InChI=1S/C34H44O11/c1-9-17(2)29(38)44-27-25-28(42-18(3)35)33-20(32(7,34(25,39)45-33)21(30(27,4)5)14-23(36)40-8)10-12-31(6)22(33)15-24(37)43-26(31)19-11-13-41-16-19/h11,13,15-17,20-21,25-28,39H,9-10,12,14H2,1-8H3. The number of hydrogen-bond donors (Lipinski definition) is 1. The van der Waals surface area contributed by atoms with Gasteiger partial charge < -0.3 is 33.2 Å². The Bertz CT molecular complexity index is 1450. The maximum atomic E-state index is 13.5. The van der Waals surface area contributed by atoms with Crippen molar-refractivity contribution >= 4 is 23.9 Å². The molecule has 5 aliphatic rings. The van der Waals surface area contributed by atoms with Gasteiger partial charge in [-0.2, -0.15) is 0 Å². The zero-order chi connectivity index (χ0) is 32.9. The molecule has 6 rings (SSSR count). The van der Waals surface area contributed by atoms with Gasteiger partial charge in [-0.1, -0.05) is 41.5 Å². The first kappa shape index (κ1) is 31.8. The molecule has 2 bridgehead atoms. The molecule has 4 heterocycles. The van der Waals surface area contributed by atoms with Gasteiger partial charge in [-0.05, 0) is 36.8 Å². The number of aliphatic hydroxyl groups is 1. The lowest BCUT2D eigenvalue weighted by atomic mass is 9.37. The van der Waals surface area contributed by atoms with Gasteiger partial charge in [-0.25, -0.2) is 4.79 Å². The van der Waals surface area contributed by atoms with Crippen LogP contribution < -0.4 is 0 Å². The van der Waals surface area contributed by atoms with Gasteiger partial charge >= 0.3 is 23.9 Å². The van der Waals surface area contributed by atoms with Crippen LogP contribution in [0.3, 0.4) is 0 Å². The summed E-state index contributed by atoms with van der Waals surface area (Å²) in [5, 5.41) is 13.0. The molecule has 4 fully saturated rings. The molecule has 246 valence electrons. The number of esters is 4. The monoisotopic (exact) mass is 628 g/mol. The van der Waals surface area contributed by atoms with E-state index in [0.717, 1.165) is 0 Å². The van der Waals surface area contributed by atoms with E-state index in [0.29, 0.717) is 30.4 Å². The minimum absolute atomic E-state index is 0.0728. The van der Waals surface area contributed by atoms with E-state index < -0.39 is 93.5 Å². The first-order valence-electron chi connectivity index (χ1n) is 15.9. The van der Waals surface area contributed by atoms with E-state index in [2.05, 4.69) is 0 Å². The van der Waals surface area contributed by atoms with Gasteiger partial charge in [0, 0.05) is 47.1 Å². The van der Waals surface area contributed by atoms with Crippen molar-refractivity contribution in [2.45, 2.75) is 104 Å². The fourth-order valence-electron chi connectivity index (χ4n) is 10.0. The number of methoxy groups -OCH3 is 1. The SMILES string of the molecule is CCC(C)C(=O)OC1C2C(OC(C)=O)C34OC2(O)C(C)(C(CC(=O)OC)C1(C)C)C3CCC1(C)C4=CC(=O)OC1c1ccoc1. The number of carbonyl (C=O) groups excluding carboxylic acids is 4. The third-order valence-corrected chi connectivity index (χ3v) is 12.3. The predicted octanol–water partition coefficient (Wildman–Crippen LogP) is 4.42. The highest BCUT2D eigenvalue weighted by atomic mass is 16.7. The Morgan fingerprint density at radius 1 is 1.13 bits per heavy atom. The maximum absolute atomic E-state index is 13.5. The summed E-state index contributed by atoms with van der Waals surface area (Å²) in [7, 11) is 1.31. The second-order valence-corrected chi connectivity index (χ2v) is 14.7. The zero-order valence-electron chi connectivity index (χ0n) is 27.2. The highest BCUT2D eigenvalue weighted by Crippen LogP contribution is 2.81. The summed E-state index contributed by atoms with van der Waals surface area (Å²) < 4.78 is 35.8. The summed E-state index contributed by atoms with van der Waals surface area (Å²) >= 11 is 0. The molecule has 1 aromatic rings. The molecule has 2 saturated heterocycles. The van der Waals surface area contributed by atoms with E-state index in [4.69, 9.17) is 28.1 Å². The first-order chi connectivity index (χ1) is 21.0. The largest absolute Gasteiger partial charge is 0.472 e. The summed E-state index contributed by atoms with van der Waals surface area (Å²) in [5.74, 6) is -6.71. The third-order valence-electron chi connectivity index (χ3n) is 12.3. The molecule has 1 N–H and O–H groups in total. The van der Waals surface area contributed by atoms with Gasteiger partial charge in [0.2, 0.25) is 0 Å². The summed E-state index contributed by atoms with van der Waals surface area (Å²) in [4.78, 5) is 52.7. The van der Waals surface area contributed by atoms with Gasteiger partial charge in [-0.3, -0.25) is 14.4 Å². The molecule has 0 radical (unpaired) electrons. The number of rotatable bonds is 7. The van der Waals surface area contributed by atoms with Crippen molar-refractivity contribution in [2.75, 3.05) is 7.11 Å². The van der Waals surface area contributed by atoms with E-state index in [9.17, 15) is 24.3 Å². The van der Waals surface area contributed by atoms with E-state index in [1.165, 1.54) is 32.6 Å². The van der Waals surface area contributed by atoms with Crippen LogP contribution >= 0.6 is 0 Å². The van der Waals surface area contributed by atoms with Crippen molar-refractivity contribution in [1.29, 1.82) is 0 Å². The van der Waals surface area contributed by atoms with E-state index in [-0.39, 0.29) is 6.42 Å². The highest BCUT2D eigenvalue weighted by molar-refractivity contribution is 5.85. The number of fused-ring (bicyclic) bond motifs is 2. The molecule has 1 aromatic heterocycles. The van der Waals surface area contributed by atoms with Crippen LogP contribution in [0.4, 0.5) is 0 Å². The Kier molecular flexibility index (Phi) is 7.18. The van der Waals surface area contributed by atoms with Crippen molar-refractivity contribution in [3.63, 3.8) is 0 Å². The Labute approximate surface area is 262 Å². The second kappa shape index (κ2) is 10.2. The summed E-state index contributed by atoms with van der Waals surface area (Å²) in [6, 6.07) is 1.75. The molecular weight excluding hydrogens is 584 g/mol. The molecule has 11 heteroatoms. The van der Waals surface area contributed by atoms with Crippen molar-refractivity contribution in [3.05, 3.63) is 35.8 Å². The molecule has 11 atom stereocenters. The summed E-state index contributed by atoms with van der Waals surface area (Å²) in [6.45, 7) is 12.7. The number of ether oxygens (including phenoxy) is 5. The Balaban J connectivity index is 1.61. The fourth-order valence-corrected chi connectivity index (χ4v) is 10.0. The zero-order valence-corrected chi connectivity index (χ0v) is 27.2. The first-order valence-corrected chi connectivity index (χ1v) is 15.9. The van der Waals surface area contributed by atoms with Crippen LogP contribution in [-0.2, 0) is 42.9 Å². The second-order valence-electron chi connectivity index (χ2n) is 14.7. The third kappa shape index (κ3) is 3.95. The van der Waals surface area contributed by atoms with Gasteiger partial charge in [-0.15, -0.1) is 0 Å². The van der Waals surface area contributed by atoms with Crippen LogP contribution in [0.1, 0.15) is 85.8 Å². The molecule has 45 heavy (non-hydrogen) atoms. The summed E-state index contributed by atoms with van der Waals surface area (Å²) in [6.07, 6.45) is 3.08. The molecule has 11 nitrogen and oxygen atoms in total. The lowest BCUT2D eigenvalue weighted by molar-refractivity contribution is -0.326. The lowest BCUT2D eigenvalue weighted by Crippen LogP contribution is -2.76. The normalized spacial score (nSPS) is 42.9. The molecule has 1 spiro atoms. The average Bonchev–Trinajstić information content (AvgIpc) is 3.64. The highest BCUT2D eigenvalue weighted by Gasteiger charge is 2.90. The lowest BCUT2D eigenvalue weighted by Gasteiger charge is -2.67. The van der Waals surface area contributed by atoms with Gasteiger partial charge in [0.25, 0.3) is 0 Å². The quantitative estimate of drug-likeness (QED) is 0.338. The molecule has 0 aromatic carbocycles. The van der Waals surface area contributed by atoms with E-state index in [1.807, 2.05) is 34.6 Å². The minimum Gasteiger partial charge on any atom is -0.472 e. The molecular formula is C34H44O11. The maximum Gasteiger partial charge on any atom is 0.331 e. The topological polar surface area (TPSA) is 148 Å². The Hall–Kier alpha value is -3.18. The molecule has 11 unspecified atom stereocenters. The van der Waals surface area contributed by atoms with Crippen molar-refractivity contribution < 1.29 is 52.4 Å². The Morgan fingerprint density at radius 3 is 2.44 bits per heavy atom. The van der Waals surface area contributed by atoms with Crippen LogP contribution in [-0.4, -0.2) is 59.7 Å². The summed E-state index contributed by atoms with van der Waals surface area (Å²) in [5.41, 5.74) is -3.11. The van der Waals surface area contributed by atoms with Crippen molar-refractivity contribution in [3.8, 4) is 0 Å². The molecule has 0 amide bonds. The van der Waals surface area contributed by atoms with Crippen molar-refractivity contribution in [2.24, 2.45) is 39.9 Å². The van der Waals surface area contributed by atoms with Crippen LogP contribution in [0, 0.1) is 39.9 Å². The number of carbonyl (C=O) groups is 4. The molecule has 2 saturated carbocycles. The Morgan fingerprint density at radius 2 is 1.84 bits per heavy atom. The number of cyclic esters (lactones) is 1. The fraction of sp³-hybridized carbons (Fsp3) is 0.706. The van der Waals surface area contributed by atoms with Gasteiger partial charge in [0.05, 0.1) is 31.5 Å². The number of furan rings is 1.